The molecule has 2 aromatic carbocycles. The van der Waals surface area contributed by atoms with Gasteiger partial charge in [0.2, 0.25) is 0 Å². The molecule has 0 saturated heterocycles. The van der Waals surface area contributed by atoms with E-state index in [-0.39, 0.29) is 24.5 Å². The number of ether oxygens (including phenoxy) is 2. The highest BCUT2D eigenvalue weighted by molar-refractivity contribution is 5.98. The Bertz CT molecular complexity index is 1150. The lowest BCUT2D eigenvalue weighted by molar-refractivity contribution is -0.143. The van der Waals surface area contributed by atoms with Crippen molar-refractivity contribution >= 4 is 22.8 Å². The van der Waals surface area contributed by atoms with Gasteiger partial charge in [0, 0.05) is 23.1 Å². The topological polar surface area (TPSA) is 115 Å². The second-order valence-corrected chi connectivity index (χ2v) is 6.46. The molecule has 0 spiro atoms. The van der Waals surface area contributed by atoms with Gasteiger partial charge in [0.25, 0.3) is 5.91 Å². The van der Waals surface area contributed by atoms with Gasteiger partial charge in [-0.25, -0.2) is 4.79 Å². The van der Waals surface area contributed by atoms with Gasteiger partial charge in [-0.2, -0.15) is 0 Å². The Morgan fingerprint density at radius 2 is 1.90 bits per heavy atom. The van der Waals surface area contributed by atoms with Crippen molar-refractivity contribution in [1.29, 1.82) is 0 Å². The van der Waals surface area contributed by atoms with E-state index in [2.05, 4.69) is 5.32 Å². The molecule has 0 radical (unpaired) electrons. The fourth-order valence-corrected chi connectivity index (χ4v) is 3.00. The van der Waals surface area contributed by atoms with Gasteiger partial charge in [-0.15, -0.1) is 0 Å². The molecule has 1 aromatic heterocycles. The van der Waals surface area contributed by atoms with E-state index in [1.165, 1.54) is 19.2 Å². The summed E-state index contributed by atoms with van der Waals surface area (Å²) in [5, 5.41) is 13.0. The first-order valence-electron chi connectivity index (χ1n) is 9.28. The molecule has 2 N–H and O–H groups in total. The van der Waals surface area contributed by atoms with Crippen LogP contribution < -0.4 is 15.7 Å². The monoisotopic (exact) mass is 411 g/mol. The molecule has 0 fully saturated rings. The summed E-state index contributed by atoms with van der Waals surface area (Å²) >= 11 is 0. The summed E-state index contributed by atoms with van der Waals surface area (Å²) in [6.45, 7) is 1.35. The van der Waals surface area contributed by atoms with Crippen LogP contribution in [0.15, 0.2) is 51.7 Å². The maximum atomic E-state index is 12.2. The summed E-state index contributed by atoms with van der Waals surface area (Å²) < 4.78 is 15.4. The Morgan fingerprint density at radius 1 is 1.13 bits per heavy atom. The molecule has 30 heavy (non-hydrogen) atoms. The maximum absolute atomic E-state index is 12.2. The van der Waals surface area contributed by atoms with Gasteiger partial charge in [-0.05, 0) is 30.2 Å². The lowest BCUT2D eigenvalue weighted by Gasteiger charge is -2.11. The summed E-state index contributed by atoms with van der Waals surface area (Å²) in [5.74, 6) is -0.727. The van der Waals surface area contributed by atoms with Crippen LogP contribution in [0, 0.1) is 0 Å². The number of hydrogen-bond acceptors (Lipinski definition) is 7. The number of rotatable bonds is 7. The van der Waals surface area contributed by atoms with Crippen LogP contribution in [0.2, 0.25) is 0 Å². The Hall–Kier alpha value is -3.81. The molecule has 3 rings (SSSR count). The second kappa shape index (κ2) is 9.13. The molecule has 0 aliphatic heterocycles. The minimum Gasteiger partial charge on any atom is -0.508 e. The summed E-state index contributed by atoms with van der Waals surface area (Å²) in [4.78, 5) is 36.1. The van der Waals surface area contributed by atoms with Crippen molar-refractivity contribution in [2.24, 2.45) is 0 Å². The van der Waals surface area contributed by atoms with E-state index < -0.39 is 17.5 Å². The van der Waals surface area contributed by atoms with Crippen LogP contribution in [0.5, 0.6) is 11.5 Å². The molecule has 3 aromatic rings. The van der Waals surface area contributed by atoms with E-state index in [4.69, 9.17) is 13.9 Å². The minimum absolute atomic E-state index is 0.0290. The molecule has 8 heteroatoms. The van der Waals surface area contributed by atoms with Crippen molar-refractivity contribution in [3.8, 4) is 11.5 Å². The van der Waals surface area contributed by atoms with Crippen LogP contribution in [0.3, 0.4) is 0 Å². The number of para-hydroxylation sites is 1. The van der Waals surface area contributed by atoms with Gasteiger partial charge in [-0.1, -0.05) is 19.1 Å². The van der Waals surface area contributed by atoms with Crippen molar-refractivity contribution in [2.45, 2.75) is 20.0 Å². The summed E-state index contributed by atoms with van der Waals surface area (Å²) in [5.41, 5.74) is 0.995. The first-order valence-corrected chi connectivity index (χ1v) is 9.28. The van der Waals surface area contributed by atoms with Crippen LogP contribution in [0.25, 0.3) is 11.0 Å². The largest absolute Gasteiger partial charge is 0.508 e. The fourth-order valence-electron chi connectivity index (χ4n) is 3.00. The average molecular weight is 411 g/mol. The zero-order valence-corrected chi connectivity index (χ0v) is 16.6. The Kier molecular flexibility index (Phi) is 6.36. The molecule has 0 bridgehead atoms. The number of fused-ring (bicyclic) bond motifs is 1. The predicted octanol–water partition coefficient (Wildman–Crippen LogP) is 2.54. The number of esters is 1. The van der Waals surface area contributed by atoms with E-state index >= 15 is 0 Å². The Morgan fingerprint density at radius 3 is 2.63 bits per heavy atom. The Labute approximate surface area is 172 Å². The number of nitrogens with one attached hydrogen (secondary N) is 1. The molecule has 156 valence electrons. The van der Waals surface area contributed by atoms with Gasteiger partial charge in [0.05, 0.1) is 12.7 Å². The molecule has 0 aliphatic carbocycles. The van der Waals surface area contributed by atoms with E-state index in [1.54, 1.807) is 30.3 Å². The molecule has 0 saturated carbocycles. The molecule has 0 atom stereocenters. The molecule has 0 unspecified atom stereocenters. The number of benzene rings is 2. The number of methoxy groups -OCH3 is 1. The predicted molar refractivity (Wildman–Crippen MR) is 109 cm³/mol. The zero-order chi connectivity index (χ0) is 21.7. The molecule has 1 heterocycles. The number of phenols is 1. The number of amides is 1. The van der Waals surface area contributed by atoms with Crippen LogP contribution >= 0.6 is 0 Å². The summed E-state index contributed by atoms with van der Waals surface area (Å²) in [6.07, 6.45) is 0.578. The number of aromatic hydroxyl groups is 1. The van der Waals surface area contributed by atoms with Crippen LogP contribution in [0.4, 0.5) is 0 Å². The zero-order valence-electron chi connectivity index (χ0n) is 16.6. The minimum atomic E-state index is -0.672. The molecule has 8 nitrogen and oxygen atoms in total. The molecule has 1 amide bonds. The lowest BCUT2D eigenvalue weighted by Crippen LogP contribution is -2.30. The number of carbonyl (C=O) groups excluding carboxylic acids is 2. The Balaban J connectivity index is 1.68. The fraction of sp³-hybridized carbons (Fsp3) is 0.227. The maximum Gasteiger partial charge on any atom is 0.336 e. The average Bonchev–Trinajstić information content (AvgIpc) is 2.75. The highest BCUT2D eigenvalue weighted by atomic mass is 16.5. The van der Waals surface area contributed by atoms with Gasteiger partial charge < -0.3 is 24.3 Å². The van der Waals surface area contributed by atoms with Crippen LogP contribution in [-0.4, -0.2) is 30.6 Å². The first kappa shape index (κ1) is 20.9. The van der Waals surface area contributed by atoms with Crippen molar-refractivity contribution < 1.29 is 28.6 Å². The van der Waals surface area contributed by atoms with Crippen LogP contribution in [0.1, 0.15) is 28.4 Å². The number of aryl methyl sites for hydroxylation is 1. The second-order valence-electron chi connectivity index (χ2n) is 6.46. The van der Waals surface area contributed by atoms with Gasteiger partial charge in [0.15, 0.2) is 0 Å². The van der Waals surface area contributed by atoms with Crippen molar-refractivity contribution in [2.75, 3.05) is 13.7 Å². The van der Waals surface area contributed by atoms with Crippen molar-refractivity contribution in [3.05, 3.63) is 69.6 Å². The number of carbonyl (C=O) groups is 2. The SMILES string of the molecule is CCc1cc2c(COC(=O)CNC(=O)c3ccccc3OC)cc(=O)oc2cc1O. The summed E-state index contributed by atoms with van der Waals surface area (Å²) in [6, 6.07) is 10.9. The van der Waals surface area contributed by atoms with Gasteiger partial charge >= 0.3 is 11.6 Å². The summed E-state index contributed by atoms with van der Waals surface area (Å²) in [7, 11) is 1.45. The molecule has 0 aliphatic rings. The first-order chi connectivity index (χ1) is 14.4. The van der Waals surface area contributed by atoms with Gasteiger partial charge in [-0.3, -0.25) is 9.59 Å². The van der Waals surface area contributed by atoms with E-state index in [9.17, 15) is 19.5 Å². The third-order valence-corrected chi connectivity index (χ3v) is 4.54. The number of phenolic OH excluding ortho intramolecular Hbond substituents is 1. The smallest absolute Gasteiger partial charge is 0.336 e. The molecular formula is C22H21NO7. The third kappa shape index (κ3) is 4.60. The third-order valence-electron chi connectivity index (χ3n) is 4.54. The van der Waals surface area contributed by atoms with E-state index in [1.807, 2.05) is 6.92 Å². The number of hydrogen-bond donors (Lipinski definition) is 2. The van der Waals surface area contributed by atoms with Crippen LogP contribution in [-0.2, 0) is 22.6 Å². The van der Waals surface area contributed by atoms with Crippen molar-refractivity contribution in [1.82, 2.24) is 5.32 Å². The van der Waals surface area contributed by atoms with Gasteiger partial charge in [0.1, 0.15) is 30.2 Å². The molecular weight excluding hydrogens is 390 g/mol. The van der Waals surface area contributed by atoms with E-state index in [0.29, 0.717) is 34.2 Å². The standard InChI is InChI=1S/C22H21NO7/c1-3-13-8-16-14(9-20(25)30-19(16)10-17(13)24)12-29-21(26)11-23-22(27)15-6-4-5-7-18(15)28-2/h4-10,24H,3,11-12H2,1-2H3,(H,23,27). The van der Waals surface area contributed by atoms with E-state index in [0.717, 1.165) is 0 Å². The quantitative estimate of drug-likeness (QED) is 0.453. The normalized spacial score (nSPS) is 10.6. The highest BCUT2D eigenvalue weighted by Gasteiger charge is 2.15. The lowest BCUT2D eigenvalue weighted by atomic mass is 10.0. The van der Waals surface area contributed by atoms with Crippen molar-refractivity contribution in [3.63, 3.8) is 0 Å². The highest BCUT2D eigenvalue weighted by Crippen LogP contribution is 2.27.